The number of hydrogen-bond donors (Lipinski definition) is 2. The molecule has 0 saturated heterocycles. The first-order chi connectivity index (χ1) is 9.56. The summed E-state index contributed by atoms with van der Waals surface area (Å²) >= 11 is 0. The van der Waals surface area contributed by atoms with Crippen molar-refractivity contribution in [3.63, 3.8) is 0 Å². The van der Waals surface area contributed by atoms with Crippen LogP contribution in [0.1, 0.15) is 44.7 Å². The Balaban J connectivity index is 2.03. The zero-order chi connectivity index (χ0) is 14.2. The number of benzene rings is 1. The number of nitrogens with zero attached hydrogens (tertiary/aromatic N) is 1. The molecule has 3 nitrogen and oxygen atoms in total. The molecule has 1 heterocycles. The number of rotatable bonds is 2. The summed E-state index contributed by atoms with van der Waals surface area (Å²) in [5.74, 6) is 0. The summed E-state index contributed by atoms with van der Waals surface area (Å²) in [5, 5.41) is 4.90. The van der Waals surface area contributed by atoms with Gasteiger partial charge < -0.3 is 11.1 Å². The van der Waals surface area contributed by atoms with Gasteiger partial charge in [-0.15, -0.1) is 0 Å². The molecule has 0 unspecified atom stereocenters. The molecule has 1 aliphatic rings. The summed E-state index contributed by atoms with van der Waals surface area (Å²) in [5.41, 5.74) is 10.2. The highest BCUT2D eigenvalue weighted by atomic mass is 15.0. The second-order valence-corrected chi connectivity index (χ2v) is 6.33. The predicted molar refractivity (Wildman–Crippen MR) is 86.0 cm³/mol. The van der Waals surface area contributed by atoms with Crippen molar-refractivity contribution in [2.45, 2.75) is 51.5 Å². The Morgan fingerprint density at radius 1 is 1.15 bits per heavy atom. The Morgan fingerprint density at radius 3 is 2.65 bits per heavy atom. The monoisotopic (exact) mass is 269 g/mol. The number of anilines is 2. The van der Waals surface area contributed by atoms with E-state index in [0.29, 0.717) is 0 Å². The van der Waals surface area contributed by atoms with E-state index in [-0.39, 0.29) is 5.54 Å². The molecule has 0 radical (unpaired) electrons. The fourth-order valence-corrected chi connectivity index (χ4v) is 3.26. The van der Waals surface area contributed by atoms with Gasteiger partial charge in [0.15, 0.2) is 0 Å². The topological polar surface area (TPSA) is 50.9 Å². The molecule has 1 aromatic heterocycles. The third-order valence-corrected chi connectivity index (χ3v) is 4.35. The molecule has 1 fully saturated rings. The van der Waals surface area contributed by atoms with Gasteiger partial charge in [0.2, 0.25) is 0 Å². The zero-order valence-corrected chi connectivity index (χ0v) is 12.4. The van der Waals surface area contributed by atoms with Crippen LogP contribution in [0.2, 0.25) is 0 Å². The first kappa shape index (κ1) is 13.2. The highest BCUT2D eigenvalue weighted by Gasteiger charge is 2.27. The van der Waals surface area contributed by atoms with Gasteiger partial charge in [0.1, 0.15) is 0 Å². The molecule has 20 heavy (non-hydrogen) atoms. The maximum Gasteiger partial charge on any atom is 0.0727 e. The van der Waals surface area contributed by atoms with Crippen LogP contribution in [0, 0.1) is 6.92 Å². The maximum absolute atomic E-state index is 5.94. The predicted octanol–water partition coefficient (Wildman–Crippen LogP) is 4.26. The van der Waals surface area contributed by atoms with E-state index in [1.807, 2.05) is 25.1 Å². The van der Waals surface area contributed by atoms with Crippen molar-refractivity contribution in [1.82, 2.24) is 4.98 Å². The Labute approximate surface area is 120 Å². The van der Waals surface area contributed by atoms with Crippen LogP contribution in [-0.2, 0) is 0 Å². The molecule has 106 valence electrons. The van der Waals surface area contributed by atoms with Crippen LogP contribution in [0.25, 0.3) is 10.9 Å². The van der Waals surface area contributed by atoms with Crippen LogP contribution in [0.4, 0.5) is 11.4 Å². The quantitative estimate of drug-likeness (QED) is 0.801. The van der Waals surface area contributed by atoms with Crippen LogP contribution in [0.15, 0.2) is 24.3 Å². The van der Waals surface area contributed by atoms with Gasteiger partial charge in [0.05, 0.1) is 5.52 Å². The number of fused-ring (bicyclic) bond motifs is 1. The van der Waals surface area contributed by atoms with E-state index in [1.54, 1.807) is 0 Å². The molecule has 0 spiro atoms. The molecule has 1 saturated carbocycles. The van der Waals surface area contributed by atoms with E-state index in [0.717, 1.165) is 22.3 Å². The lowest BCUT2D eigenvalue weighted by Crippen LogP contribution is -2.36. The molecule has 2 aromatic rings. The molecule has 0 aliphatic heterocycles. The van der Waals surface area contributed by atoms with Crippen LogP contribution in [-0.4, -0.2) is 10.5 Å². The van der Waals surface area contributed by atoms with Gasteiger partial charge in [0, 0.05) is 28.0 Å². The molecule has 0 bridgehead atoms. The SMILES string of the molecule is Cc1cc(NC2(C)CCCCC2)c2cc(N)ccc2n1. The molecular formula is C17H23N3. The van der Waals surface area contributed by atoms with Crippen molar-refractivity contribution in [1.29, 1.82) is 0 Å². The maximum atomic E-state index is 5.94. The minimum absolute atomic E-state index is 0.198. The summed E-state index contributed by atoms with van der Waals surface area (Å²) in [6, 6.07) is 8.09. The largest absolute Gasteiger partial charge is 0.399 e. The smallest absolute Gasteiger partial charge is 0.0727 e. The third kappa shape index (κ3) is 2.58. The number of nitrogens with one attached hydrogen (secondary N) is 1. The minimum Gasteiger partial charge on any atom is -0.399 e. The van der Waals surface area contributed by atoms with Crippen molar-refractivity contribution in [2.75, 3.05) is 11.1 Å². The number of pyridine rings is 1. The molecule has 3 N–H and O–H groups in total. The standard InChI is InChI=1S/C17H23N3/c1-12-10-16(20-17(2)8-4-3-5-9-17)14-11-13(18)6-7-15(14)19-12/h6-7,10-11H,3-5,8-9,18H2,1-2H3,(H,19,20). The van der Waals surface area contributed by atoms with Crippen LogP contribution >= 0.6 is 0 Å². The summed E-state index contributed by atoms with van der Waals surface area (Å²) in [6.07, 6.45) is 6.46. The number of nitrogen functional groups attached to an aromatic ring is 1. The Hall–Kier alpha value is -1.77. The van der Waals surface area contributed by atoms with Gasteiger partial charge in [0.25, 0.3) is 0 Å². The van der Waals surface area contributed by atoms with Crippen molar-refractivity contribution < 1.29 is 0 Å². The van der Waals surface area contributed by atoms with E-state index in [9.17, 15) is 0 Å². The number of hydrogen-bond acceptors (Lipinski definition) is 3. The fraction of sp³-hybridized carbons (Fsp3) is 0.471. The second-order valence-electron chi connectivity index (χ2n) is 6.33. The van der Waals surface area contributed by atoms with Gasteiger partial charge in [-0.05, 0) is 51.0 Å². The number of aryl methyl sites for hydroxylation is 1. The lowest BCUT2D eigenvalue weighted by atomic mass is 9.83. The van der Waals surface area contributed by atoms with Crippen LogP contribution in [0.3, 0.4) is 0 Å². The number of nitrogens with two attached hydrogens (primary N) is 1. The van der Waals surface area contributed by atoms with E-state index < -0.39 is 0 Å². The van der Waals surface area contributed by atoms with Crippen molar-refractivity contribution in [3.8, 4) is 0 Å². The molecule has 3 rings (SSSR count). The van der Waals surface area contributed by atoms with E-state index in [4.69, 9.17) is 5.73 Å². The van der Waals surface area contributed by atoms with Crippen molar-refractivity contribution in [2.24, 2.45) is 0 Å². The summed E-state index contributed by atoms with van der Waals surface area (Å²) < 4.78 is 0. The Kier molecular flexibility index (Phi) is 3.28. The molecule has 3 heteroatoms. The first-order valence-corrected chi connectivity index (χ1v) is 7.51. The highest BCUT2D eigenvalue weighted by Crippen LogP contribution is 2.34. The average Bonchev–Trinajstić information content (AvgIpc) is 2.40. The van der Waals surface area contributed by atoms with Gasteiger partial charge >= 0.3 is 0 Å². The summed E-state index contributed by atoms with van der Waals surface area (Å²) in [4.78, 5) is 4.60. The zero-order valence-electron chi connectivity index (χ0n) is 12.4. The average molecular weight is 269 g/mol. The van der Waals surface area contributed by atoms with E-state index in [1.165, 1.54) is 37.8 Å². The van der Waals surface area contributed by atoms with Crippen LogP contribution in [0.5, 0.6) is 0 Å². The first-order valence-electron chi connectivity index (χ1n) is 7.51. The third-order valence-electron chi connectivity index (χ3n) is 4.35. The molecule has 1 aliphatic carbocycles. The number of aromatic nitrogens is 1. The van der Waals surface area contributed by atoms with Gasteiger partial charge in [-0.25, -0.2) is 0 Å². The Bertz CT molecular complexity index is 627. The van der Waals surface area contributed by atoms with Crippen molar-refractivity contribution in [3.05, 3.63) is 30.0 Å². The van der Waals surface area contributed by atoms with Gasteiger partial charge in [-0.1, -0.05) is 19.3 Å². The van der Waals surface area contributed by atoms with E-state index in [2.05, 4.69) is 23.3 Å². The summed E-state index contributed by atoms with van der Waals surface area (Å²) in [6.45, 7) is 4.38. The van der Waals surface area contributed by atoms with Gasteiger partial charge in [-0.3, -0.25) is 4.98 Å². The van der Waals surface area contributed by atoms with Crippen LogP contribution < -0.4 is 11.1 Å². The van der Waals surface area contributed by atoms with Crippen molar-refractivity contribution >= 4 is 22.3 Å². The minimum atomic E-state index is 0.198. The Morgan fingerprint density at radius 2 is 1.90 bits per heavy atom. The second kappa shape index (κ2) is 4.97. The molecule has 0 amide bonds. The van der Waals surface area contributed by atoms with Gasteiger partial charge in [-0.2, -0.15) is 0 Å². The highest BCUT2D eigenvalue weighted by molar-refractivity contribution is 5.93. The molecule has 0 atom stereocenters. The van der Waals surface area contributed by atoms with E-state index >= 15 is 0 Å². The fourth-order valence-electron chi connectivity index (χ4n) is 3.26. The normalized spacial score (nSPS) is 18.1. The summed E-state index contributed by atoms with van der Waals surface area (Å²) in [7, 11) is 0. The molecule has 1 aromatic carbocycles. The lowest BCUT2D eigenvalue weighted by Gasteiger charge is -2.36. The lowest BCUT2D eigenvalue weighted by molar-refractivity contribution is 0.349. The molecular weight excluding hydrogens is 246 g/mol.